The number of alkyl halides is 3. The molecule has 2 rings (SSSR count). The number of hydrogen-bond donors (Lipinski definition) is 2. The van der Waals surface area contributed by atoms with Crippen molar-refractivity contribution in [2.24, 2.45) is 0 Å². The maximum Gasteiger partial charge on any atom is 0.416 e. The Morgan fingerprint density at radius 1 is 1.08 bits per heavy atom. The summed E-state index contributed by atoms with van der Waals surface area (Å²) in [6.07, 6.45) is -4.46. The van der Waals surface area contributed by atoms with Crippen molar-refractivity contribution in [2.45, 2.75) is 25.4 Å². The van der Waals surface area contributed by atoms with Gasteiger partial charge in [0.2, 0.25) is 5.91 Å². The van der Waals surface area contributed by atoms with Gasteiger partial charge in [0.05, 0.1) is 17.5 Å². The molecule has 0 aliphatic rings. The average Bonchev–Trinajstić information content (AvgIpc) is 2.59. The Hall–Kier alpha value is -2.83. The fourth-order valence-electron chi connectivity index (χ4n) is 2.50. The van der Waals surface area contributed by atoms with E-state index in [4.69, 9.17) is 5.11 Å². The number of carboxylic acids is 1. The van der Waals surface area contributed by atoms with E-state index < -0.39 is 17.7 Å². The first-order valence-electron chi connectivity index (χ1n) is 7.93. The lowest BCUT2D eigenvalue weighted by Crippen LogP contribution is -2.29. The molecule has 2 aromatic carbocycles. The molecule has 0 fully saturated rings. The monoisotopic (exact) mass is 365 g/mol. The number of nitrogens with one attached hydrogen (secondary N) is 1. The molecule has 2 N–H and O–H groups in total. The van der Waals surface area contributed by atoms with Crippen LogP contribution in [0.3, 0.4) is 0 Å². The zero-order valence-corrected chi connectivity index (χ0v) is 14.0. The van der Waals surface area contributed by atoms with Crippen LogP contribution in [0.25, 0.3) is 0 Å². The molecule has 2 aromatic rings. The molecule has 4 nitrogen and oxygen atoms in total. The van der Waals surface area contributed by atoms with E-state index in [0.29, 0.717) is 11.1 Å². The van der Waals surface area contributed by atoms with E-state index in [2.05, 4.69) is 5.32 Å². The van der Waals surface area contributed by atoms with Crippen molar-refractivity contribution in [2.75, 3.05) is 6.54 Å². The van der Waals surface area contributed by atoms with Crippen LogP contribution in [0.15, 0.2) is 48.5 Å². The number of amides is 1. The van der Waals surface area contributed by atoms with E-state index >= 15 is 0 Å². The van der Waals surface area contributed by atoms with Gasteiger partial charge in [-0.1, -0.05) is 37.3 Å². The van der Waals surface area contributed by atoms with Crippen molar-refractivity contribution in [3.63, 3.8) is 0 Å². The molecule has 0 radical (unpaired) electrons. The summed E-state index contributed by atoms with van der Waals surface area (Å²) in [5.41, 5.74) is 0.421. The van der Waals surface area contributed by atoms with Gasteiger partial charge < -0.3 is 10.4 Å². The predicted octanol–water partition coefficient (Wildman–Crippen LogP) is 3.87. The van der Waals surface area contributed by atoms with Crippen LogP contribution in [-0.2, 0) is 17.4 Å². The van der Waals surface area contributed by atoms with Crippen LogP contribution >= 0.6 is 0 Å². The lowest BCUT2D eigenvalue weighted by Gasteiger charge is -2.15. The molecular weight excluding hydrogens is 347 g/mol. The first-order chi connectivity index (χ1) is 12.2. The van der Waals surface area contributed by atoms with Gasteiger partial charge in [-0.3, -0.25) is 4.79 Å². The highest BCUT2D eigenvalue weighted by Crippen LogP contribution is 2.30. The predicted molar refractivity (Wildman–Crippen MR) is 90.0 cm³/mol. The van der Waals surface area contributed by atoms with E-state index in [-0.39, 0.29) is 30.4 Å². The third kappa shape index (κ3) is 5.08. The molecule has 0 spiro atoms. The summed E-state index contributed by atoms with van der Waals surface area (Å²) in [6, 6.07) is 11.0. The lowest BCUT2D eigenvalue weighted by molar-refractivity contribution is -0.137. The summed E-state index contributed by atoms with van der Waals surface area (Å²) < 4.78 is 37.7. The van der Waals surface area contributed by atoms with Gasteiger partial charge in [0.25, 0.3) is 0 Å². The zero-order chi connectivity index (χ0) is 19.3. The third-order valence-corrected chi connectivity index (χ3v) is 4.01. The Labute approximate surface area is 148 Å². The fourth-order valence-corrected chi connectivity index (χ4v) is 2.50. The van der Waals surface area contributed by atoms with Gasteiger partial charge in [0.15, 0.2) is 0 Å². The van der Waals surface area contributed by atoms with Gasteiger partial charge in [0.1, 0.15) is 0 Å². The second-order valence-corrected chi connectivity index (χ2v) is 5.96. The minimum Gasteiger partial charge on any atom is -0.478 e. The van der Waals surface area contributed by atoms with Crippen LogP contribution in [0.5, 0.6) is 0 Å². The number of rotatable bonds is 6. The Balaban J connectivity index is 1.94. The molecule has 0 aromatic heterocycles. The molecule has 138 valence electrons. The molecule has 26 heavy (non-hydrogen) atoms. The average molecular weight is 365 g/mol. The van der Waals surface area contributed by atoms with Crippen LogP contribution in [0, 0.1) is 0 Å². The SMILES string of the molecule is CC(CNC(=O)Cc1ccccc1C(=O)O)c1ccc(C(F)(F)F)cc1. The summed E-state index contributed by atoms with van der Waals surface area (Å²) in [5, 5.41) is 11.8. The highest BCUT2D eigenvalue weighted by Gasteiger charge is 2.30. The minimum absolute atomic E-state index is 0.0680. The fraction of sp³-hybridized carbons (Fsp3) is 0.263. The molecule has 1 atom stereocenters. The number of aromatic carboxylic acids is 1. The summed E-state index contributed by atoms with van der Waals surface area (Å²) in [6.45, 7) is 2.02. The standard InChI is InChI=1S/C19H18F3NO3/c1-12(13-6-8-15(9-7-13)19(20,21)22)11-23-17(24)10-14-4-2-3-5-16(14)18(25)26/h2-9,12H,10-11H2,1H3,(H,23,24)(H,25,26). The van der Waals surface area contributed by atoms with Gasteiger partial charge >= 0.3 is 12.1 Å². The molecule has 0 aliphatic heterocycles. The third-order valence-electron chi connectivity index (χ3n) is 4.01. The summed E-state index contributed by atoms with van der Waals surface area (Å²) in [5.74, 6) is -1.64. The van der Waals surface area contributed by atoms with Crippen LogP contribution < -0.4 is 5.32 Å². The Morgan fingerprint density at radius 2 is 1.69 bits per heavy atom. The van der Waals surface area contributed by atoms with Crippen LogP contribution in [0.4, 0.5) is 13.2 Å². The minimum atomic E-state index is -4.38. The quantitative estimate of drug-likeness (QED) is 0.817. The highest BCUT2D eigenvalue weighted by molar-refractivity contribution is 5.91. The molecule has 1 unspecified atom stereocenters. The number of carbonyl (C=O) groups is 2. The number of carbonyl (C=O) groups excluding carboxylic acids is 1. The van der Waals surface area contributed by atoms with Crippen LogP contribution in [0.1, 0.15) is 39.9 Å². The number of hydrogen-bond acceptors (Lipinski definition) is 2. The molecule has 0 saturated carbocycles. The zero-order valence-electron chi connectivity index (χ0n) is 14.0. The van der Waals surface area contributed by atoms with E-state index in [1.807, 2.05) is 0 Å². The van der Waals surface area contributed by atoms with Crippen LogP contribution in [0.2, 0.25) is 0 Å². The number of halogens is 3. The van der Waals surface area contributed by atoms with Crippen molar-refractivity contribution < 1.29 is 27.9 Å². The topological polar surface area (TPSA) is 66.4 Å². The Kier molecular flexibility index (Phi) is 6.02. The van der Waals surface area contributed by atoms with Crippen molar-refractivity contribution in [3.05, 3.63) is 70.8 Å². The molecule has 0 heterocycles. The molecule has 0 bridgehead atoms. The Bertz CT molecular complexity index is 785. The van der Waals surface area contributed by atoms with E-state index in [9.17, 15) is 22.8 Å². The number of benzene rings is 2. The van der Waals surface area contributed by atoms with E-state index in [1.165, 1.54) is 18.2 Å². The normalized spacial score (nSPS) is 12.5. The smallest absolute Gasteiger partial charge is 0.416 e. The first-order valence-corrected chi connectivity index (χ1v) is 7.93. The molecular formula is C19H18F3NO3. The van der Waals surface area contributed by atoms with Crippen molar-refractivity contribution in [1.82, 2.24) is 5.32 Å². The van der Waals surface area contributed by atoms with Crippen molar-refractivity contribution in [3.8, 4) is 0 Å². The van der Waals surface area contributed by atoms with Gasteiger partial charge in [-0.15, -0.1) is 0 Å². The van der Waals surface area contributed by atoms with Gasteiger partial charge in [-0.25, -0.2) is 4.79 Å². The molecule has 7 heteroatoms. The maximum atomic E-state index is 12.6. The number of carboxylic acid groups (broad SMARTS) is 1. The van der Waals surface area contributed by atoms with Crippen molar-refractivity contribution in [1.29, 1.82) is 0 Å². The lowest BCUT2D eigenvalue weighted by atomic mass is 9.99. The van der Waals surface area contributed by atoms with Gasteiger partial charge in [0, 0.05) is 6.54 Å². The van der Waals surface area contributed by atoms with Gasteiger partial charge in [-0.05, 0) is 35.2 Å². The van der Waals surface area contributed by atoms with Gasteiger partial charge in [-0.2, -0.15) is 13.2 Å². The second-order valence-electron chi connectivity index (χ2n) is 5.96. The molecule has 1 amide bonds. The summed E-state index contributed by atoms with van der Waals surface area (Å²) in [7, 11) is 0. The highest BCUT2D eigenvalue weighted by atomic mass is 19.4. The summed E-state index contributed by atoms with van der Waals surface area (Å²) >= 11 is 0. The molecule has 0 saturated heterocycles. The Morgan fingerprint density at radius 3 is 2.27 bits per heavy atom. The molecule has 0 aliphatic carbocycles. The van der Waals surface area contributed by atoms with E-state index in [1.54, 1.807) is 25.1 Å². The van der Waals surface area contributed by atoms with E-state index in [0.717, 1.165) is 12.1 Å². The second kappa shape index (κ2) is 8.03. The summed E-state index contributed by atoms with van der Waals surface area (Å²) in [4.78, 5) is 23.2. The van der Waals surface area contributed by atoms with Crippen LogP contribution in [-0.4, -0.2) is 23.5 Å². The van der Waals surface area contributed by atoms with Crippen molar-refractivity contribution >= 4 is 11.9 Å². The largest absolute Gasteiger partial charge is 0.478 e. The maximum absolute atomic E-state index is 12.6. The first kappa shape index (κ1) is 19.5.